The fraction of sp³-hybridized carbons (Fsp3) is 0.375. The van der Waals surface area contributed by atoms with E-state index in [0.29, 0.717) is 23.0 Å². The maximum Gasteiger partial charge on any atom is 0.277 e. The zero-order chi connectivity index (χ0) is 17.9. The van der Waals surface area contributed by atoms with E-state index in [2.05, 4.69) is 10.4 Å². The lowest BCUT2D eigenvalue weighted by Gasteiger charge is -2.14. The van der Waals surface area contributed by atoms with Gasteiger partial charge < -0.3 is 11.1 Å². The topological polar surface area (TPSA) is 72.9 Å². The molecule has 0 aliphatic carbocycles. The van der Waals surface area contributed by atoms with Crippen LogP contribution >= 0.6 is 11.6 Å². The second-order valence-corrected chi connectivity index (χ2v) is 5.94. The average Bonchev–Trinajstić information content (AvgIpc) is 2.81. The number of nitrogens with one attached hydrogen (secondary N) is 1. The number of hydrogen-bond donors (Lipinski definition) is 2. The van der Waals surface area contributed by atoms with Crippen LogP contribution in [0.3, 0.4) is 0 Å². The molecule has 0 spiro atoms. The highest BCUT2D eigenvalue weighted by atomic mass is 35.5. The number of halogens is 3. The van der Waals surface area contributed by atoms with E-state index in [-0.39, 0.29) is 5.56 Å². The van der Waals surface area contributed by atoms with Crippen molar-refractivity contribution in [3.63, 3.8) is 0 Å². The largest absolute Gasteiger partial charge is 0.346 e. The van der Waals surface area contributed by atoms with Crippen LogP contribution in [0, 0.1) is 13.8 Å². The molecule has 24 heavy (non-hydrogen) atoms. The molecule has 0 bridgehead atoms. The van der Waals surface area contributed by atoms with Gasteiger partial charge in [-0.2, -0.15) is 5.10 Å². The van der Waals surface area contributed by atoms with E-state index in [1.807, 2.05) is 18.2 Å². The molecule has 0 saturated heterocycles. The minimum Gasteiger partial charge on any atom is -0.346 e. The maximum absolute atomic E-state index is 13.2. The van der Waals surface area contributed by atoms with E-state index in [1.165, 1.54) is 0 Å². The summed E-state index contributed by atoms with van der Waals surface area (Å²) in [5.74, 6) is -3.73. The van der Waals surface area contributed by atoms with Crippen LogP contribution in [-0.4, -0.2) is 34.7 Å². The summed E-state index contributed by atoms with van der Waals surface area (Å²) in [4.78, 5) is 12.2. The highest BCUT2D eigenvalue weighted by Crippen LogP contribution is 2.19. The van der Waals surface area contributed by atoms with Crippen molar-refractivity contribution in [1.29, 1.82) is 0 Å². The summed E-state index contributed by atoms with van der Waals surface area (Å²) in [5.41, 5.74) is 7.16. The first kappa shape index (κ1) is 18.4. The van der Waals surface area contributed by atoms with Crippen LogP contribution in [0.5, 0.6) is 0 Å². The van der Waals surface area contributed by atoms with Crippen molar-refractivity contribution in [2.45, 2.75) is 26.3 Å². The van der Waals surface area contributed by atoms with Crippen LogP contribution in [0.4, 0.5) is 8.78 Å². The standard InChI is InChI=1S/C16H19ClF2N4O/c1-10-14(15(24)21-9-16(18,19)8-20)11(2)23(22-10)7-12-5-3-4-6-13(12)17/h3-6H,7-9,20H2,1-2H3,(H,21,24). The second kappa shape index (κ2) is 7.27. The van der Waals surface area contributed by atoms with E-state index in [1.54, 1.807) is 24.6 Å². The lowest BCUT2D eigenvalue weighted by atomic mass is 10.1. The van der Waals surface area contributed by atoms with Crippen LogP contribution in [0.1, 0.15) is 27.3 Å². The number of nitrogens with zero attached hydrogens (tertiary/aromatic N) is 2. The van der Waals surface area contributed by atoms with E-state index >= 15 is 0 Å². The molecule has 0 radical (unpaired) electrons. The Hall–Kier alpha value is -1.99. The molecule has 1 aromatic heterocycles. The molecule has 5 nitrogen and oxygen atoms in total. The number of carbonyl (C=O) groups excluding carboxylic acids is 1. The predicted molar refractivity (Wildman–Crippen MR) is 88.6 cm³/mol. The van der Waals surface area contributed by atoms with E-state index in [9.17, 15) is 13.6 Å². The van der Waals surface area contributed by atoms with Crippen molar-refractivity contribution in [1.82, 2.24) is 15.1 Å². The van der Waals surface area contributed by atoms with Crippen LogP contribution in [0.2, 0.25) is 5.02 Å². The number of alkyl halides is 2. The molecule has 1 aromatic carbocycles. The Balaban J connectivity index is 2.20. The van der Waals surface area contributed by atoms with Gasteiger partial charge in [0, 0.05) is 10.7 Å². The summed E-state index contributed by atoms with van der Waals surface area (Å²) in [5, 5.41) is 7.13. The fourth-order valence-corrected chi connectivity index (χ4v) is 2.53. The smallest absolute Gasteiger partial charge is 0.277 e. The number of aryl methyl sites for hydroxylation is 1. The average molecular weight is 357 g/mol. The molecule has 0 fully saturated rings. The van der Waals surface area contributed by atoms with Crippen LogP contribution in [0.25, 0.3) is 0 Å². The van der Waals surface area contributed by atoms with Crippen molar-refractivity contribution in [3.05, 3.63) is 51.8 Å². The summed E-state index contributed by atoms with van der Waals surface area (Å²) in [7, 11) is 0. The number of carbonyl (C=O) groups is 1. The minimum absolute atomic E-state index is 0.287. The summed E-state index contributed by atoms with van der Waals surface area (Å²) < 4.78 is 28.0. The number of hydrogen-bond acceptors (Lipinski definition) is 3. The lowest BCUT2D eigenvalue weighted by Crippen LogP contribution is -2.41. The van der Waals surface area contributed by atoms with Crippen molar-refractivity contribution < 1.29 is 13.6 Å². The normalized spacial score (nSPS) is 11.6. The fourth-order valence-electron chi connectivity index (χ4n) is 2.34. The molecule has 3 N–H and O–H groups in total. The predicted octanol–water partition coefficient (Wildman–Crippen LogP) is 2.53. The summed E-state index contributed by atoms with van der Waals surface area (Å²) in [6.45, 7) is 2.13. The van der Waals surface area contributed by atoms with Gasteiger partial charge in [-0.05, 0) is 25.5 Å². The molecule has 0 aliphatic rings. The molecule has 2 rings (SSSR count). The molecule has 0 atom stereocenters. The van der Waals surface area contributed by atoms with E-state index in [4.69, 9.17) is 17.3 Å². The quantitative estimate of drug-likeness (QED) is 0.835. The zero-order valence-corrected chi connectivity index (χ0v) is 14.2. The Bertz CT molecular complexity index is 746. The number of aromatic nitrogens is 2. The van der Waals surface area contributed by atoms with Crippen LogP contribution in [0.15, 0.2) is 24.3 Å². The van der Waals surface area contributed by atoms with Gasteiger partial charge in [0.05, 0.1) is 30.9 Å². The van der Waals surface area contributed by atoms with E-state index in [0.717, 1.165) is 5.56 Å². The van der Waals surface area contributed by atoms with Gasteiger partial charge in [-0.1, -0.05) is 29.8 Å². The van der Waals surface area contributed by atoms with Gasteiger partial charge in [0.15, 0.2) is 0 Å². The third-order valence-electron chi connectivity index (χ3n) is 3.69. The Morgan fingerprint density at radius 1 is 1.38 bits per heavy atom. The Labute approximate surface area is 143 Å². The van der Waals surface area contributed by atoms with Gasteiger partial charge in [-0.3, -0.25) is 9.48 Å². The first-order chi connectivity index (χ1) is 11.2. The first-order valence-electron chi connectivity index (χ1n) is 7.38. The summed E-state index contributed by atoms with van der Waals surface area (Å²) in [6.07, 6.45) is 0. The van der Waals surface area contributed by atoms with Gasteiger partial charge >= 0.3 is 0 Å². The summed E-state index contributed by atoms with van der Waals surface area (Å²) in [6, 6.07) is 7.31. The summed E-state index contributed by atoms with van der Waals surface area (Å²) >= 11 is 6.14. The minimum atomic E-state index is -3.13. The second-order valence-electron chi connectivity index (χ2n) is 5.54. The number of nitrogens with two attached hydrogens (primary N) is 1. The highest BCUT2D eigenvalue weighted by Gasteiger charge is 2.28. The SMILES string of the molecule is Cc1nn(Cc2ccccc2Cl)c(C)c1C(=O)NCC(F)(F)CN. The highest BCUT2D eigenvalue weighted by molar-refractivity contribution is 6.31. The van der Waals surface area contributed by atoms with Crippen molar-refractivity contribution in [2.24, 2.45) is 5.73 Å². The lowest BCUT2D eigenvalue weighted by molar-refractivity contribution is 0.0118. The first-order valence-corrected chi connectivity index (χ1v) is 7.76. The van der Waals surface area contributed by atoms with Crippen molar-refractivity contribution >= 4 is 17.5 Å². The number of amides is 1. The molecule has 130 valence electrons. The molecule has 8 heteroatoms. The number of rotatable bonds is 6. The maximum atomic E-state index is 13.2. The molecule has 1 amide bonds. The van der Waals surface area contributed by atoms with E-state index < -0.39 is 24.9 Å². The molecular weight excluding hydrogens is 338 g/mol. The van der Waals surface area contributed by atoms with Crippen LogP contribution < -0.4 is 11.1 Å². The number of benzene rings is 1. The monoisotopic (exact) mass is 356 g/mol. The third kappa shape index (κ3) is 4.10. The molecule has 2 aromatic rings. The van der Waals surface area contributed by atoms with Crippen molar-refractivity contribution in [3.8, 4) is 0 Å². The zero-order valence-electron chi connectivity index (χ0n) is 13.4. The third-order valence-corrected chi connectivity index (χ3v) is 4.06. The van der Waals surface area contributed by atoms with Gasteiger partial charge in [0.25, 0.3) is 11.8 Å². The van der Waals surface area contributed by atoms with Gasteiger partial charge in [-0.15, -0.1) is 0 Å². The molecular formula is C16H19ClF2N4O. The molecule has 1 heterocycles. The molecule has 0 unspecified atom stereocenters. The Morgan fingerprint density at radius 3 is 2.67 bits per heavy atom. The van der Waals surface area contributed by atoms with Gasteiger partial charge in [0.2, 0.25) is 0 Å². The van der Waals surface area contributed by atoms with Gasteiger partial charge in [-0.25, -0.2) is 8.78 Å². The molecule has 0 aliphatic heterocycles. The molecule has 0 saturated carbocycles. The Morgan fingerprint density at radius 2 is 2.04 bits per heavy atom. The Kier molecular flexibility index (Phi) is 5.56. The van der Waals surface area contributed by atoms with Gasteiger partial charge in [0.1, 0.15) is 0 Å². The van der Waals surface area contributed by atoms with Crippen molar-refractivity contribution in [2.75, 3.05) is 13.1 Å². The van der Waals surface area contributed by atoms with Crippen LogP contribution in [-0.2, 0) is 6.54 Å².